The van der Waals surface area contributed by atoms with Crippen LogP contribution >= 0.6 is 11.6 Å². The van der Waals surface area contributed by atoms with Gasteiger partial charge in [-0.1, -0.05) is 6.42 Å². The molecular formula is C5H9ClO3S. The van der Waals surface area contributed by atoms with Crippen molar-refractivity contribution in [3.05, 3.63) is 0 Å². The Morgan fingerprint density at radius 3 is 2.20 bits per heavy atom. The highest BCUT2D eigenvalue weighted by Crippen LogP contribution is 2.28. The van der Waals surface area contributed by atoms with E-state index in [9.17, 15) is 8.42 Å². The van der Waals surface area contributed by atoms with Gasteiger partial charge in [-0.25, -0.2) is 0 Å². The van der Waals surface area contributed by atoms with Gasteiger partial charge in [-0.2, -0.15) is 8.42 Å². The quantitative estimate of drug-likeness (QED) is 0.489. The molecule has 1 fully saturated rings. The standard InChI is InChI=1S/C5H9ClO3S/c6-4-2-1-3-5(4)10(7,8)9/h4-5H,1-3H2,(H,7,8,9)/t4-,5-/m1/s1. The molecule has 0 unspecified atom stereocenters. The number of hydrogen-bond donors (Lipinski definition) is 1. The van der Waals surface area contributed by atoms with Crippen LogP contribution in [0.3, 0.4) is 0 Å². The SMILES string of the molecule is O=S(=O)(O)[C@@H]1CCC[C@H]1Cl. The van der Waals surface area contributed by atoms with Crippen LogP contribution in [-0.4, -0.2) is 23.6 Å². The fourth-order valence-electron chi connectivity index (χ4n) is 1.22. The first kappa shape index (κ1) is 8.30. The monoisotopic (exact) mass is 184 g/mol. The van der Waals surface area contributed by atoms with Gasteiger partial charge in [0.15, 0.2) is 0 Å². The lowest BCUT2D eigenvalue weighted by Crippen LogP contribution is -2.24. The Morgan fingerprint density at radius 1 is 1.40 bits per heavy atom. The van der Waals surface area contributed by atoms with Gasteiger partial charge in [0.25, 0.3) is 10.1 Å². The van der Waals surface area contributed by atoms with Gasteiger partial charge >= 0.3 is 0 Å². The summed E-state index contributed by atoms with van der Waals surface area (Å²) in [5.74, 6) is 0. The van der Waals surface area contributed by atoms with Crippen LogP contribution in [0.4, 0.5) is 0 Å². The van der Waals surface area contributed by atoms with E-state index in [0.717, 1.165) is 6.42 Å². The number of rotatable bonds is 1. The van der Waals surface area contributed by atoms with Crippen LogP contribution in [-0.2, 0) is 10.1 Å². The van der Waals surface area contributed by atoms with Crippen LogP contribution in [0.5, 0.6) is 0 Å². The highest BCUT2D eigenvalue weighted by atomic mass is 35.5. The summed E-state index contributed by atoms with van der Waals surface area (Å²) in [6.45, 7) is 0. The lowest BCUT2D eigenvalue weighted by molar-refractivity contribution is 0.468. The molecule has 1 N–H and O–H groups in total. The van der Waals surface area contributed by atoms with E-state index in [0.29, 0.717) is 12.8 Å². The third-order valence-corrected chi connectivity index (χ3v) is 3.76. The average molecular weight is 185 g/mol. The second-order valence-corrected chi connectivity index (χ2v) is 4.70. The molecule has 0 heterocycles. The van der Waals surface area contributed by atoms with Crippen LogP contribution < -0.4 is 0 Å². The minimum absolute atomic E-state index is 0.394. The Kier molecular flexibility index (Phi) is 2.22. The van der Waals surface area contributed by atoms with Gasteiger partial charge in [-0.3, -0.25) is 4.55 Å². The van der Waals surface area contributed by atoms with Crippen molar-refractivity contribution in [3.63, 3.8) is 0 Å². The van der Waals surface area contributed by atoms with Crippen molar-refractivity contribution in [2.45, 2.75) is 29.9 Å². The third kappa shape index (κ3) is 1.62. The second-order valence-electron chi connectivity index (χ2n) is 2.50. The molecule has 2 atom stereocenters. The summed E-state index contributed by atoms with van der Waals surface area (Å²) in [7, 11) is -3.88. The van der Waals surface area contributed by atoms with Gasteiger partial charge < -0.3 is 0 Å². The van der Waals surface area contributed by atoms with Gasteiger partial charge in [0.05, 0.1) is 5.38 Å². The van der Waals surface area contributed by atoms with Crippen molar-refractivity contribution in [1.29, 1.82) is 0 Å². The minimum atomic E-state index is -3.88. The molecule has 0 radical (unpaired) electrons. The molecule has 0 saturated heterocycles. The first-order chi connectivity index (χ1) is 4.52. The highest BCUT2D eigenvalue weighted by Gasteiger charge is 2.34. The van der Waals surface area contributed by atoms with Crippen molar-refractivity contribution >= 4 is 21.7 Å². The Morgan fingerprint density at radius 2 is 2.00 bits per heavy atom. The molecule has 1 rings (SSSR count). The van der Waals surface area contributed by atoms with Crippen molar-refractivity contribution in [1.82, 2.24) is 0 Å². The Hall–Kier alpha value is 0.200. The van der Waals surface area contributed by atoms with E-state index in [4.69, 9.17) is 16.2 Å². The van der Waals surface area contributed by atoms with E-state index in [2.05, 4.69) is 0 Å². The van der Waals surface area contributed by atoms with E-state index in [-0.39, 0.29) is 0 Å². The van der Waals surface area contributed by atoms with Gasteiger partial charge in [-0.15, -0.1) is 11.6 Å². The molecule has 0 aliphatic heterocycles. The Labute approximate surface area is 65.1 Å². The van der Waals surface area contributed by atoms with E-state index < -0.39 is 20.7 Å². The molecule has 1 aliphatic rings. The van der Waals surface area contributed by atoms with Gasteiger partial charge in [0, 0.05) is 0 Å². The molecule has 0 spiro atoms. The average Bonchev–Trinajstić information content (AvgIpc) is 2.11. The number of hydrogen-bond acceptors (Lipinski definition) is 2. The van der Waals surface area contributed by atoms with E-state index in [1.807, 2.05) is 0 Å². The molecule has 0 aromatic heterocycles. The summed E-state index contributed by atoms with van der Waals surface area (Å²) in [5, 5.41) is -1.12. The molecular weight excluding hydrogens is 176 g/mol. The topological polar surface area (TPSA) is 54.4 Å². The van der Waals surface area contributed by atoms with Crippen molar-refractivity contribution in [2.24, 2.45) is 0 Å². The molecule has 60 valence electrons. The Bertz CT molecular complexity index is 211. The summed E-state index contributed by atoms with van der Waals surface area (Å²) in [6.07, 6.45) is 1.97. The maximum atomic E-state index is 10.5. The van der Waals surface area contributed by atoms with E-state index >= 15 is 0 Å². The van der Waals surface area contributed by atoms with Crippen molar-refractivity contribution < 1.29 is 13.0 Å². The summed E-state index contributed by atoms with van der Waals surface area (Å²) >= 11 is 5.62. The third-order valence-electron chi connectivity index (χ3n) is 1.75. The predicted molar refractivity (Wildman–Crippen MR) is 38.8 cm³/mol. The van der Waals surface area contributed by atoms with E-state index in [1.54, 1.807) is 0 Å². The lowest BCUT2D eigenvalue weighted by atomic mass is 10.4. The van der Waals surface area contributed by atoms with Crippen LogP contribution in [0.1, 0.15) is 19.3 Å². The maximum absolute atomic E-state index is 10.5. The van der Waals surface area contributed by atoms with Crippen LogP contribution in [0, 0.1) is 0 Å². The zero-order chi connectivity index (χ0) is 7.78. The molecule has 1 saturated carbocycles. The summed E-state index contributed by atoms with van der Waals surface area (Å²) < 4.78 is 29.6. The van der Waals surface area contributed by atoms with Crippen molar-refractivity contribution in [3.8, 4) is 0 Å². The fraction of sp³-hybridized carbons (Fsp3) is 1.00. The van der Waals surface area contributed by atoms with Crippen LogP contribution in [0.15, 0.2) is 0 Å². The van der Waals surface area contributed by atoms with Gasteiger partial charge in [0.1, 0.15) is 5.25 Å². The minimum Gasteiger partial charge on any atom is -0.285 e. The molecule has 0 bridgehead atoms. The molecule has 3 nitrogen and oxygen atoms in total. The smallest absolute Gasteiger partial charge is 0.269 e. The summed E-state index contributed by atoms with van der Waals surface area (Å²) in [4.78, 5) is 0. The first-order valence-corrected chi connectivity index (χ1v) is 5.06. The normalized spacial score (nSPS) is 34.6. The highest BCUT2D eigenvalue weighted by molar-refractivity contribution is 7.86. The van der Waals surface area contributed by atoms with E-state index in [1.165, 1.54) is 0 Å². The summed E-state index contributed by atoms with van der Waals surface area (Å²) in [6, 6.07) is 0. The van der Waals surface area contributed by atoms with Gasteiger partial charge in [0.2, 0.25) is 0 Å². The fourth-order valence-corrected chi connectivity index (χ4v) is 2.86. The first-order valence-electron chi connectivity index (χ1n) is 3.12. The zero-order valence-electron chi connectivity index (χ0n) is 5.33. The summed E-state index contributed by atoms with van der Waals surface area (Å²) in [5.41, 5.74) is 0. The van der Waals surface area contributed by atoms with Gasteiger partial charge in [-0.05, 0) is 12.8 Å². The van der Waals surface area contributed by atoms with Crippen LogP contribution in [0.25, 0.3) is 0 Å². The molecule has 5 heteroatoms. The second kappa shape index (κ2) is 2.68. The maximum Gasteiger partial charge on any atom is 0.269 e. The van der Waals surface area contributed by atoms with Crippen LogP contribution in [0.2, 0.25) is 0 Å². The number of alkyl halides is 1. The zero-order valence-corrected chi connectivity index (χ0v) is 6.90. The molecule has 0 aromatic rings. The lowest BCUT2D eigenvalue weighted by Gasteiger charge is -2.07. The van der Waals surface area contributed by atoms with Crippen molar-refractivity contribution in [2.75, 3.05) is 0 Å². The molecule has 10 heavy (non-hydrogen) atoms. The molecule has 0 aromatic carbocycles. The number of halogens is 1. The predicted octanol–water partition coefficient (Wildman–Crippen LogP) is 1.03. The molecule has 0 amide bonds. The molecule has 1 aliphatic carbocycles. The largest absolute Gasteiger partial charge is 0.285 e. The Balaban J connectivity index is 2.74.